The minimum absolute atomic E-state index is 0.0288. The molecule has 4 aromatic rings. The first kappa shape index (κ1) is 30.0. The number of ether oxygens (including phenoxy) is 3. The first-order valence-corrected chi connectivity index (χ1v) is 15.0. The summed E-state index contributed by atoms with van der Waals surface area (Å²) >= 11 is 3.52. The standard InChI is InChI=1S/C34H34BrN3O5/c1-41-32-20-24(29(35)23-28(32)34(40)42-2)21-33(39)36-38(31-17-8-7-16-30(31)37-18-9-4-10-19-37)25-12-11-15-27(22-25)43-26-13-5-3-6-14-26/h3,5-8,11-17,20,22-23H,4,9-10,18-19,21H2,1-2H3,(H,36,39). The molecule has 0 atom stereocenters. The van der Waals surface area contributed by atoms with Gasteiger partial charge in [0.05, 0.1) is 37.7 Å². The quantitative estimate of drug-likeness (QED) is 0.142. The highest BCUT2D eigenvalue weighted by atomic mass is 79.9. The van der Waals surface area contributed by atoms with Crippen molar-refractivity contribution in [3.63, 3.8) is 0 Å². The predicted molar refractivity (Wildman–Crippen MR) is 171 cm³/mol. The Morgan fingerprint density at radius 1 is 0.860 bits per heavy atom. The number of anilines is 3. The van der Waals surface area contributed by atoms with Crippen molar-refractivity contribution in [1.82, 2.24) is 5.43 Å². The number of esters is 1. The molecule has 4 aromatic carbocycles. The van der Waals surface area contributed by atoms with Gasteiger partial charge in [-0.15, -0.1) is 0 Å². The zero-order valence-corrected chi connectivity index (χ0v) is 25.8. The van der Waals surface area contributed by atoms with Crippen LogP contribution in [0.3, 0.4) is 0 Å². The number of halogens is 1. The Bertz CT molecular complexity index is 1570. The van der Waals surface area contributed by atoms with Gasteiger partial charge in [-0.3, -0.25) is 15.2 Å². The largest absolute Gasteiger partial charge is 0.496 e. The molecule has 222 valence electrons. The van der Waals surface area contributed by atoms with Gasteiger partial charge in [0.1, 0.15) is 22.8 Å². The first-order chi connectivity index (χ1) is 21.0. The van der Waals surface area contributed by atoms with E-state index in [0.29, 0.717) is 21.5 Å². The molecule has 1 heterocycles. The van der Waals surface area contributed by atoms with E-state index in [-0.39, 0.29) is 17.9 Å². The Labute approximate surface area is 260 Å². The molecular weight excluding hydrogens is 610 g/mol. The number of hydrazine groups is 1. The van der Waals surface area contributed by atoms with Crippen LogP contribution in [0.15, 0.2) is 95.5 Å². The van der Waals surface area contributed by atoms with Crippen LogP contribution in [0, 0.1) is 0 Å². The number of benzene rings is 4. The van der Waals surface area contributed by atoms with Gasteiger partial charge >= 0.3 is 5.97 Å². The number of methoxy groups -OCH3 is 2. The number of rotatable bonds is 10. The topological polar surface area (TPSA) is 80.3 Å². The van der Waals surface area contributed by atoms with Gasteiger partial charge in [-0.1, -0.05) is 52.3 Å². The average molecular weight is 645 g/mol. The van der Waals surface area contributed by atoms with Crippen molar-refractivity contribution >= 4 is 44.9 Å². The van der Waals surface area contributed by atoms with E-state index < -0.39 is 5.97 Å². The Morgan fingerprint density at radius 2 is 1.58 bits per heavy atom. The minimum atomic E-state index is -0.522. The summed E-state index contributed by atoms with van der Waals surface area (Å²) in [6.45, 7) is 1.91. The molecule has 0 bridgehead atoms. The number of hydrogen-bond donors (Lipinski definition) is 1. The van der Waals surface area contributed by atoms with Crippen LogP contribution in [-0.4, -0.2) is 39.2 Å². The number of para-hydroxylation sites is 3. The molecule has 0 saturated carbocycles. The molecule has 43 heavy (non-hydrogen) atoms. The smallest absolute Gasteiger partial charge is 0.341 e. The summed E-state index contributed by atoms with van der Waals surface area (Å²) in [5.74, 6) is 0.918. The molecule has 0 aromatic heterocycles. The molecule has 1 amide bonds. The van der Waals surface area contributed by atoms with E-state index in [4.69, 9.17) is 14.2 Å². The van der Waals surface area contributed by atoms with Crippen LogP contribution in [0.4, 0.5) is 17.1 Å². The normalized spacial score (nSPS) is 12.8. The van der Waals surface area contributed by atoms with Gasteiger partial charge in [-0.2, -0.15) is 0 Å². The number of piperidine rings is 1. The lowest BCUT2D eigenvalue weighted by Gasteiger charge is -2.34. The summed E-state index contributed by atoms with van der Waals surface area (Å²) in [7, 11) is 2.79. The molecule has 1 N–H and O–H groups in total. The van der Waals surface area contributed by atoms with Crippen LogP contribution in [0.25, 0.3) is 0 Å². The highest BCUT2D eigenvalue weighted by Gasteiger charge is 2.23. The van der Waals surface area contributed by atoms with Gasteiger partial charge in [0, 0.05) is 23.6 Å². The van der Waals surface area contributed by atoms with E-state index in [2.05, 4.69) is 32.3 Å². The van der Waals surface area contributed by atoms with E-state index in [9.17, 15) is 9.59 Å². The van der Waals surface area contributed by atoms with Crippen molar-refractivity contribution in [2.75, 3.05) is 37.2 Å². The third-order valence-electron chi connectivity index (χ3n) is 7.24. The molecule has 1 aliphatic heterocycles. The number of nitrogens with one attached hydrogen (secondary N) is 1. The van der Waals surface area contributed by atoms with Gasteiger partial charge in [0.15, 0.2) is 0 Å². The Morgan fingerprint density at radius 3 is 2.33 bits per heavy atom. The average Bonchev–Trinajstić information content (AvgIpc) is 3.05. The number of carbonyl (C=O) groups is 2. The van der Waals surface area contributed by atoms with Gasteiger partial charge < -0.3 is 19.1 Å². The van der Waals surface area contributed by atoms with E-state index in [1.807, 2.05) is 77.8 Å². The first-order valence-electron chi connectivity index (χ1n) is 14.2. The number of hydrogen-bond acceptors (Lipinski definition) is 7. The highest BCUT2D eigenvalue weighted by molar-refractivity contribution is 9.10. The van der Waals surface area contributed by atoms with Gasteiger partial charge in [0.2, 0.25) is 5.91 Å². The van der Waals surface area contributed by atoms with E-state index in [1.54, 1.807) is 12.1 Å². The second kappa shape index (κ2) is 14.1. The maximum Gasteiger partial charge on any atom is 0.341 e. The van der Waals surface area contributed by atoms with Crippen LogP contribution in [0.2, 0.25) is 0 Å². The summed E-state index contributed by atoms with van der Waals surface area (Å²) in [4.78, 5) is 28.3. The summed E-state index contributed by atoms with van der Waals surface area (Å²) in [5, 5.41) is 1.82. The fraction of sp³-hybridized carbons (Fsp3) is 0.235. The molecule has 1 fully saturated rings. The SMILES string of the molecule is COC(=O)c1cc(Br)c(CC(=O)NN(c2cccc(Oc3ccccc3)c2)c2ccccc2N2CCCCC2)cc1OC. The van der Waals surface area contributed by atoms with Crippen LogP contribution < -0.4 is 24.8 Å². The third-order valence-corrected chi connectivity index (χ3v) is 7.97. The van der Waals surface area contributed by atoms with Crippen molar-refractivity contribution in [2.45, 2.75) is 25.7 Å². The monoisotopic (exact) mass is 643 g/mol. The molecule has 0 aliphatic carbocycles. The third kappa shape index (κ3) is 7.29. The zero-order chi connectivity index (χ0) is 30.2. The van der Waals surface area contributed by atoms with Crippen molar-refractivity contribution in [3.05, 3.63) is 107 Å². The lowest BCUT2D eigenvalue weighted by atomic mass is 10.1. The van der Waals surface area contributed by atoms with Crippen LogP contribution in [0.1, 0.15) is 35.2 Å². The molecule has 1 aliphatic rings. The summed E-state index contributed by atoms with van der Waals surface area (Å²) in [5.41, 5.74) is 6.71. The Hall–Kier alpha value is -4.50. The van der Waals surface area contributed by atoms with E-state index >= 15 is 0 Å². The van der Waals surface area contributed by atoms with E-state index in [0.717, 1.165) is 48.7 Å². The maximum absolute atomic E-state index is 13.7. The number of carbonyl (C=O) groups excluding carboxylic acids is 2. The minimum Gasteiger partial charge on any atom is -0.496 e. The van der Waals surface area contributed by atoms with Gasteiger partial charge in [-0.05, 0) is 73.4 Å². The van der Waals surface area contributed by atoms with E-state index in [1.165, 1.54) is 20.6 Å². The summed E-state index contributed by atoms with van der Waals surface area (Å²) in [6.07, 6.45) is 3.49. The number of amides is 1. The predicted octanol–water partition coefficient (Wildman–Crippen LogP) is 7.44. The fourth-order valence-electron chi connectivity index (χ4n) is 5.14. The molecule has 8 nitrogen and oxygen atoms in total. The number of nitrogens with zero attached hydrogens (tertiary/aromatic N) is 2. The van der Waals surface area contributed by atoms with Gasteiger partial charge in [-0.25, -0.2) is 4.79 Å². The van der Waals surface area contributed by atoms with Crippen molar-refractivity contribution in [1.29, 1.82) is 0 Å². The van der Waals surface area contributed by atoms with Crippen molar-refractivity contribution in [3.8, 4) is 17.2 Å². The Kier molecular flexibility index (Phi) is 9.84. The molecule has 1 saturated heterocycles. The second-order valence-electron chi connectivity index (χ2n) is 10.1. The van der Waals surface area contributed by atoms with Crippen molar-refractivity contribution in [2.24, 2.45) is 0 Å². The Balaban J connectivity index is 1.48. The van der Waals surface area contributed by atoms with Crippen LogP contribution in [-0.2, 0) is 16.0 Å². The summed E-state index contributed by atoms with van der Waals surface area (Å²) < 4.78 is 17.0. The molecule has 0 spiro atoms. The highest BCUT2D eigenvalue weighted by Crippen LogP contribution is 2.36. The molecule has 0 unspecified atom stereocenters. The molecule has 9 heteroatoms. The lowest BCUT2D eigenvalue weighted by molar-refractivity contribution is -0.120. The molecule has 5 rings (SSSR count). The van der Waals surface area contributed by atoms with Crippen molar-refractivity contribution < 1.29 is 23.8 Å². The second-order valence-corrected chi connectivity index (χ2v) is 11.0. The van der Waals surface area contributed by atoms with Crippen LogP contribution in [0.5, 0.6) is 17.2 Å². The van der Waals surface area contributed by atoms with Gasteiger partial charge in [0.25, 0.3) is 0 Å². The lowest BCUT2D eigenvalue weighted by Crippen LogP contribution is -2.41. The zero-order valence-electron chi connectivity index (χ0n) is 24.2. The fourth-order valence-corrected chi connectivity index (χ4v) is 5.62. The summed E-state index contributed by atoms with van der Waals surface area (Å²) in [6, 6.07) is 28.6. The van der Waals surface area contributed by atoms with Crippen LogP contribution >= 0.6 is 15.9 Å². The molecule has 0 radical (unpaired) electrons. The molecular formula is C34H34BrN3O5. The maximum atomic E-state index is 13.7.